The zero-order valence-corrected chi connectivity index (χ0v) is 11.1. The molecule has 20 heavy (non-hydrogen) atoms. The second-order valence-electron chi connectivity index (χ2n) is 4.54. The summed E-state index contributed by atoms with van der Waals surface area (Å²) in [5, 5.41) is 5.68. The van der Waals surface area contributed by atoms with Crippen molar-refractivity contribution >= 4 is 17.3 Å². The maximum atomic E-state index is 12.4. The van der Waals surface area contributed by atoms with Gasteiger partial charge in [0.1, 0.15) is 5.75 Å². The van der Waals surface area contributed by atoms with Gasteiger partial charge < -0.3 is 4.74 Å². The molecule has 1 atom stereocenters. The number of nitrogens with zero attached hydrogens (tertiary/aromatic N) is 2. The first kappa shape index (κ1) is 12.4. The first-order valence-electron chi connectivity index (χ1n) is 6.41. The van der Waals surface area contributed by atoms with Gasteiger partial charge in [0.05, 0.1) is 11.4 Å². The number of carbonyl (C=O) groups is 1. The van der Waals surface area contributed by atoms with Crippen molar-refractivity contribution in [3.63, 3.8) is 0 Å². The number of anilines is 1. The number of rotatable bonds is 3. The Kier molecular flexibility index (Phi) is 3.21. The zero-order chi connectivity index (χ0) is 13.9. The number of hydrazone groups is 1. The van der Waals surface area contributed by atoms with E-state index in [1.807, 2.05) is 60.7 Å². The van der Waals surface area contributed by atoms with E-state index in [1.165, 1.54) is 5.01 Å². The quantitative estimate of drug-likeness (QED) is 0.857. The van der Waals surface area contributed by atoms with Gasteiger partial charge in [0.25, 0.3) is 5.91 Å². The molecule has 0 saturated carbocycles. The van der Waals surface area contributed by atoms with E-state index in [1.54, 1.807) is 6.92 Å². The fourth-order valence-corrected chi connectivity index (χ4v) is 2.07. The van der Waals surface area contributed by atoms with E-state index < -0.39 is 6.10 Å². The third-order valence-electron chi connectivity index (χ3n) is 3.07. The Balaban J connectivity index is 1.82. The number of hydrogen-bond donors (Lipinski definition) is 0. The van der Waals surface area contributed by atoms with Gasteiger partial charge in [0.2, 0.25) is 6.10 Å². The monoisotopic (exact) mass is 266 g/mol. The minimum Gasteiger partial charge on any atom is -0.474 e. The van der Waals surface area contributed by atoms with Crippen LogP contribution in [0, 0.1) is 0 Å². The molecule has 0 spiro atoms. The lowest BCUT2D eigenvalue weighted by molar-refractivity contribution is -0.121. The van der Waals surface area contributed by atoms with Crippen LogP contribution in [0.5, 0.6) is 5.75 Å². The van der Waals surface area contributed by atoms with Crippen LogP contribution in [-0.2, 0) is 4.79 Å². The molecule has 4 heteroatoms. The lowest BCUT2D eigenvalue weighted by atomic mass is 10.2. The Bertz CT molecular complexity index is 638. The molecule has 1 heterocycles. The first-order valence-corrected chi connectivity index (χ1v) is 6.41. The third-order valence-corrected chi connectivity index (χ3v) is 3.07. The molecule has 4 nitrogen and oxygen atoms in total. The summed E-state index contributed by atoms with van der Waals surface area (Å²) >= 11 is 0. The van der Waals surface area contributed by atoms with Gasteiger partial charge in [-0.15, -0.1) is 0 Å². The molecule has 0 bridgehead atoms. The standard InChI is InChI=1S/C16H14N2O2/c1-12-15(20-14-10-6-3-7-11-14)16(19)18(17-12)13-8-4-2-5-9-13/h2-11,15H,1H3. The molecule has 100 valence electrons. The Morgan fingerprint density at radius 3 is 2.25 bits per heavy atom. The molecule has 1 amide bonds. The normalized spacial score (nSPS) is 18.1. The lowest BCUT2D eigenvalue weighted by Crippen LogP contribution is -2.35. The fraction of sp³-hybridized carbons (Fsp3) is 0.125. The van der Waals surface area contributed by atoms with E-state index in [4.69, 9.17) is 4.74 Å². The number of carbonyl (C=O) groups excluding carboxylic acids is 1. The molecular formula is C16H14N2O2. The van der Waals surface area contributed by atoms with Crippen LogP contribution >= 0.6 is 0 Å². The van der Waals surface area contributed by atoms with Crippen LogP contribution in [-0.4, -0.2) is 17.7 Å². The fourth-order valence-electron chi connectivity index (χ4n) is 2.07. The van der Waals surface area contributed by atoms with Crippen LogP contribution in [0.2, 0.25) is 0 Å². The Morgan fingerprint density at radius 1 is 1.00 bits per heavy atom. The summed E-state index contributed by atoms with van der Waals surface area (Å²) in [6.07, 6.45) is -0.655. The van der Waals surface area contributed by atoms with E-state index in [-0.39, 0.29) is 5.91 Å². The van der Waals surface area contributed by atoms with Crippen molar-refractivity contribution in [2.45, 2.75) is 13.0 Å². The molecule has 0 aromatic heterocycles. The minimum atomic E-state index is -0.655. The minimum absolute atomic E-state index is 0.169. The van der Waals surface area contributed by atoms with Gasteiger partial charge >= 0.3 is 0 Å². The van der Waals surface area contributed by atoms with E-state index in [9.17, 15) is 4.79 Å². The number of para-hydroxylation sites is 2. The average molecular weight is 266 g/mol. The van der Waals surface area contributed by atoms with Crippen molar-refractivity contribution < 1.29 is 9.53 Å². The maximum absolute atomic E-state index is 12.4. The molecule has 1 aliphatic heterocycles. The van der Waals surface area contributed by atoms with Crippen molar-refractivity contribution in [2.75, 3.05) is 5.01 Å². The maximum Gasteiger partial charge on any atom is 0.294 e. The molecule has 0 fully saturated rings. The van der Waals surface area contributed by atoms with Crippen molar-refractivity contribution in [1.82, 2.24) is 0 Å². The summed E-state index contributed by atoms with van der Waals surface area (Å²) in [5.41, 5.74) is 1.40. The second kappa shape index (κ2) is 5.17. The second-order valence-corrected chi connectivity index (χ2v) is 4.54. The topological polar surface area (TPSA) is 41.9 Å². The van der Waals surface area contributed by atoms with Crippen LogP contribution in [0.3, 0.4) is 0 Å². The van der Waals surface area contributed by atoms with Crippen molar-refractivity contribution in [2.24, 2.45) is 5.10 Å². The molecule has 1 unspecified atom stereocenters. The number of amides is 1. The Hall–Kier alpha value is -2.62. The molecule has 0 radical (unpaired) electrons. The van der Waals surface area contributed by atoms with Crippen molar-refractivity contribution in [3.05, 3.63) is 60.7 Å². The predicted molar refractivity (Wildman–Crippen MR) is 77.9 cm³/mol. The highest BCUT2D eigenvalue weighted by molar-refractivity contribution is 6.17. The van der Waals surface area contributed by atoms with Gasteiger partial charge in [0, 0.05) is 0 Å². The number of benzene rings is 2. The van der Waals surface area contributed by atoms with E-state index in [0.717, 1.165) is 5.69 Å². The molecule has 2 aromatic carbocycles. The van der Waals surface area contributed by atoms with E-state index >= 15 is 0 Å². The Labute approximate surface area is 117 Å². The van der Waals surface area contributed by atoms with Gasteiger partial charge in [-0.3, -0.25) is 4.79 Å². The van der Waals surface area contributed by atoms with Crippen LogP contribution in [0.15, 0.2) is 65.8 Å². The predicted octanol–water partition coefficient (Wildman–Crippen LogP) is 2.86. The van der Waals surface area contributed by atoms with Crippen molar-refractivity contribution in [1.29, 1.82) is 0 Å². The summed E-state index contributed by atoms with van der Waals surface area (Å²) < 4.78 is 5.73. The van der Waals surface area contributed by atoms with Crippen LogP contribution in [0.1, 0.15) is 6.92 Å². The first-order chi connectivity index (χ1) is 9.75. The smallest absolute Gasteiger partial charge is 0.294 e. The van der Waals surface area contributed by atoms with Gasteiger partial charge in [0.15, 0.2) is 0 Å². The molecule has 1 aliphatic rings. The third kappa shape index (κ3) is 2.28. The van der Waals surface area contributed by atoms with Gasteiger partial charge in [-0.25, -0.2) is 0 Å². The molecule has 0 saturated heterocycles. The molecular weight excluding hydrogens is 252 g/mol. The average Bonchev–Trinajstić information content (AvgIpc) is 2.77. The highest BCUT2D eigenvalue weighted by Crippen LogP contribution is 2.23. The highest BCUT2D eigenvalue weighted by Gasteiger charge is 2.36. The van der Waals surface area contributed by atoms with E-state index in [0.29, 0.717) is 11.5 Å². The van der Waals surface area contributed by atoms with Crippen LogP contribution < -0.4 is 9.75 Å². The van der Waals surface area contributed by atoms with E-state index in [2.05, 4.69) is 5.10 Å². The molecule has 2 aromatic rings. The number of ether oxygens (including phenoxy) is 1. The largest absolute Gasteiger partial charge is 0.474 e. The van der Waals surface area contributed by atoms with Gasteiger partial charge in [-0.2, -0.15) is 10.1 Å². The summed E-state index contributed by atoms with van der Waals surface area (Å²) in [5.74, 6) is 0.493. The van der Waals surface area contributed by atoms with Gasteiger partial charge in [-0.05, 0) is 31.2 Å². The van der Waals surface area contributed by atoms with Crippen LogP contribution in [0.4, 0.5) is 5.69 Å². The molecule has 3 rings (SSSR count). The van der Waals surface area contributed by atoms with Gasteiger partial charge in [-0.1, -0.05) is 36.4 Å². The molecule has 0 N–H and O–H groups in total. The Morgan fingerprint density at radius 2 is 1.60 bits per heavy atom. The molecule has 0 aliphatic carbocycles. The number of hydrogen-bond acceptors (Lipinski definition) is 3. The summed E-state index contributed by atoms with van der Waals surface area (Å²) in [6, 6.07) is 18.6. The summed E-state index contributed by atoms with van der Waals surface area (Å²) in [4.78, 5) is 12.4. The van der Waals surface area contributed by atoms with Crippen molar-refractivity contribution in [3.8, 4) is 5.75 Å². The summed E-state index contributed by atoms with van der Waals surface area (Å²) in [6.45, 7) is 1.80. The lowest BCUT2D eigenvalue weighted by Gasteiger charge is -2.15. The highest BCUT2D eigenvalue weighted by atomic mass is 16.5. The zero-order valence-electron chi connectivity index (χ0n) is 11.1. The SMILES string of the molecule is CC1=NN(c2ccccc2)C(=O)C1Oc1ccccc1. The van der Waals surface area contributed by atoms with Crippen LogP contribution in [0.25, 0.3) is 0 Å². The summed E-state index contributed by atoms with van der Waals surface area (Å²) in [7, 11) is 0.